The highest BCUT2D eigenvalue weighted by Gasteiger charge is 2.26. The van der Waals surface area contributed by atoms with Gasteiger partial charge in [0.05, 0.1) is 6.61 Å². The molecule has 0 aromatic carbocycles. The van der Waals surface area contributed by atoms with Crippen LogP contribution in [0, 0.1) is 0 Å². The second-order valence-electron chi connectivity index (χ2n) is 4.21. The molecule has 88 valence electrons. The summed E-state index contributed by atoms with van der Waals surface area (Å²) in [6.07, 6.45) is 4.73. The van der Waals surface area contributed by atoms with Gasteiger partial charge in [-0.05, 0) is 31.2 Å². The van der Waals surface area contributed by atoms with Crippen LogP contribution in [0.25, 0.3) is 0 Å². The zero-order valence-corrected chi connectivity index (χ0v) is 9.67. The highest BCUT2D eigenvalue weighted by Crippen LogP contribution is 2.23. The van der Waals surface area contributed by atoms with Crippen LogP contribution in [-0.4, -0.2) is 42.7 Å². The van der Waals surface area contributed by atoms with E-state index in [1.54, 1.807) is 0 Å². The van der Waals surface area contributed by atoms with Gasteiger partial charge in [0.15, 0.2) is 0 Å². The predicted molar refractivity (Wildman–Crippen MR) is 63.0 cm³/mol. The molecule has 1 saturated heterocycles. The molecule has 0 saturated carbocycles. The van der Waals surface area contributed by atoms with Crippen LogP contribution in [0.2, 0.25) is 0 Å². The molecule has 0 bridgehead atoms. The number of rotatable bonds is 4. The average Bonchev–Trinajstić information content (AvgIpc) is 2.85. The van der Waals surface area contributed by atoms with Crippen molar-refractivity contribution < 1.29 is 4.74 Å². The summed E-state index contributed by atoms with van der Waals surface area (Å²) < 4.78 is 5.41. The molecule has 1 aliphatic heterocycles. The van der Waals surface area contributed by atoms with E-state index < -0.39 is 0 Å². The van der Waals surface area contributed by atoms with Crippen LogP contribution in [0.4, 0.5) is 0 Å². The first-order valence-corrected chi connectivity index (χ1v) is 5.72. The standard InChI is InChI=1S/C12H19N3O/c1-15(11-4-7-16-9-11)12(8-13)10-2-5-14-6-3-10/h2-3,5-6,11-12H,4,7-9,13H2,1H3. The minimum absolute atomic E-state index is 0.259. The Morgan fingerprint density at radius 2 is 2.31 bits per heavy atom. The normalized spacial score (nSPS) is 22.6. The van der Waals surface area contributed by atoms with Gasteiger partial charge in [-0.25, -0.2) is 0 Å². The number of ether oxygens (including phenoxy) is 1. The van der Waals surface area contributed by atoms with Crippen molar-refractivity contribution in [2.45, 2.75) is 18.5 Å². The molecule has 2 unspecified atom stereocenters. The zero-order chi connectivity index (χ0) is 11.4. The number of pyridine rings is 1. The summed E-state index contributed by atoms with van der Waals surface area (Å²) in [7, 11) is 2.12. The maximum Gasteiger partial charge on any atom is 0.0622 e. The highest BCUT2D eigenvalue weighted by atomic mass is 16.5. The van der Waals surface area contributed by atoms with Crippen molar-refractivity contribution in [3.8, 4) is 0 Å². The van der Waals surface area contributed by atoms with Gasteiger partial charge < -0.3 is 10.5 Å². The Morgan fingerprint density at radius 1 is 1.56 bits per heavy atom. The van der Waals surface area contributed by atoms with Gasteiger partial charge >= 0.3 is 0 Å². The molecule has 16 heavy (non-hydrogen) atoms. The van der Waals surface area contributed by atoms with Crippen molar-refractivity contribution in [3.63, 3.8) is 0 Å². The van der Waals surface area contributed by atoms with E-state index in [1.165, 1.54) is 5.56 Å². The lowest BCUT2D eigenvalue weighted by molar-refractivity contribution is 0.134. The maximum absolute atomic E-state index is 5.87. The van der Waals surface area contributed by atoms with Gasteiger partial charge in [-0.15, -0.1) is 0 Å². The molecule has 2 atom stereocenters. The summed E-state index contributed by atoms with van der Waals surface area (Å²) in [5, 5.41) is 0. The van der Waals surface area contributed by atoms with Crippen molar-refractivity contribution >= 4 is 0 Å². The molecule has 0 amide bonds. The molecule has 0 aliphatic carbocycles. The molecule has 1 aromatic rings. The lowest BCUT2D eigenvalue weighted by atomic mass is 10.1. The Bertz CT molecular complexity index is 311. The first kappa shape index (κ1) is 11.5. The van der Waals surface area contributed by atoms with Crippen LogP contribution in [-0.2, 0) is 4.74 Å². The van der Waals surface area contributed by atoms with Crippen molar-refractivity contribution in [3.05, 3.63) is 30.1 Å². The third-order valence-corrected chi connectivity index (χ3v) is 3.29. The highest BCUT2D eigenvalue weighted by molar-refractivity contribution is 5.15. The summed E-state index contributed by atoms with van der Waals surface area (Å²) >= 11 is 0. The molecule has 2 N–H and O–H groups in total. The molecule has 2 rings (SSSR count). The predicted octanol–water partition coefficient (Wildman–Crippen LogP) is 0.802. The zero-order valence-electron chi connectivity index (χ0n) is 9.67. The van der Waals surface area contributed by atoms with Crippen molar-refractivity contribution in [2.75, 3.05) is 26.8 Å². The number of hydrogen-bond acceptors (Lipinski definition) is 4. The minimum atomic E-state index is 0.259. The molecule has 1 aromatic heterocycles. The lowest BCUT2D eigenvalue weighted by Crippen LogP contribution is -2.38. The van der Waals surface area contributed by atoms with Gasteiger partial charge in [-0.1, -0.05) is 0 Å². The van der Waals surface area contributed by atoms with E-state index in [0.717, 1.165) is 19.6 Å². The number of hydrogen-bond donors (Lipinski definition) is 1. The van der Waals surface area contributed by atoms with Crippen molar-refractivity contribution in [1.82, 2.24) is 9.88 Å². The third kappa shape index (κ3) is 2.40. The minimum Gasteiger partial charge on any atom is -0.380 e. The number of nitrogens with zero attached hydrogens (tertiary/aromatic N) is 2. The molecule has 1 aliphatic rings. The SMILES string of the molecule is CN(C1CCOC1)C(CN)c1ccncc1. The third-order valence-electron chi connectivity index (χ3n) is 3.29. The fourth-order valence-corrected chi connectivity index (χ4v) is 2.22. The Morgan fingerprint density at radius 3 is 2.88 bits per heavy atom. The lowest BCUT2D eigenvalue weighted by Gasteiger charge is -2.31. The van der Waals surface area contributed by atoms with Crippen LogP contribution >= 0.6 is 0 Å². The first-order chi connectivity index (χ1) is 7.83. The van der Waals surface area contributed by atoms with E-state index in [4.69, 9.17) is 10.5 Å². The summed E-state index contributed by atoms with van der Waals surface area (Å²) in [6.45, 7) is 2.30. The monoisotopic (exact) mass is 221 g/mol. The molecule has 0 spiro atoms. The van der Waals surface area contributed by atoms with Gasteiger partial charge in [-0.2, -0.15) is 0 Å². The Kier molecular flexibility index (Phi) is 3.88. The molecule has 0 radical (unpaired) electrons. The van der Waals surface area contributed by atoms with Crippen molar-refractivity contribution in [2.24, 2.45) is 5.73 Å². The van der Waals surface area contributed by atoms with Gasteiger partial charge in [0.1, 0.15) is 0 Å². The van der Waals surface area contributed by atoms with E-state index >= 15 is 0 Å². The van der Waals surface area contributed by atoms with E-state index in [2.05, 4.69) is 16.9 Å². The van der Waals surface area contributed by atoms with Gasteiger partial charge in [0, 0.05) is 37.6 Å². The molecular weight excluding hydrogens is 202 g/mol. The second kappa shape index (κ2) is 5.39. The van der Waals surface area contributed by atoms with E-state index in [9.17, 15) is 0 Å². The molecule has 4 nitrogen and oxygen atoms in total. The van der Waals surface area contributed by atoms with E-state index in [0.29, 0.717) is 12.6 Å². The van der Waals surface area contributed by atoms with Gasteiger partial charge in [0.25, 0.3) is 0 Å². The smallest absolute Gasteiger partial charge is 0.0622 e. The largest absolute Gasteiger partial charge is 0.380 e. The van der Waals surface area contributed by atoms with Crippen LogP contribution in [0.3, 0.4) is 0 Å². The van der Waals surface area contributed by atoms with Crippen LogP contribution in [0.5, 0.6) is 0 Å². The van der Waals surface area contributed by atoms with E-state index in [-0.39, 0.29) is 6.04 Å². The molecule has 4 heteroatoms. The summed E-state index contributed by atoms with van der Waals surface area (Å²) in [4.78, 5) is 6.36. The van der Waals surface area contributed by atoms with Crippen LogP contribution in [0.15, 0.2) is 24.5 Å². The first-order valence-electron chi connectivity index (χ1n) is 5.72. The average molecular weight is 221 g/mol. The fraction of sp³-hybridized carbons (Fsp3) is 0.583. The Hall–Kier alpha value is -0.970. The van der Waals surface area contributed by atoms with Crippen LogP contribution in [0.1, 0.15) is 18.0 Å². The maximum atomic E-state index is 5.87. The number of nitrogens with two attached hydrogens (primary N) is 1. The summed E-state index contributed by atoms with van der Waals surface area (Å²) in [5.74, 6) is 0. The Balaban J connectivity index is 2.09. The van der Waals surface area contributed by atoms with Gasteiger partial charge in [-0.3, -0.25) is 9.88 Å². The Labute approximate surface area is 96.4 Å². The fourth-order valence-electron chi connectivity index (χ4n) is 2.22. The van der Waals surface area contributed by atoms with E-state index in [1.807, 2.05) is 24.5 Å². The van der Waals surface area contributed by atoms with Gasteiger partial charge in [0.2, 0.25) is 0 Å². The van der Waals surface area contributed by atoms with Crippen molar-refractivity contribution in [1.29, 1.82) is 0 Å². The topological polar surface area (TPSA) is 51.4 Å². The summed E-state index contributed by atoms with van der Waals surface area (Å²) in [5.41, 5.74) is 7.10. The number of likely N-dealkylation sites (N-methyl/N-ethyl adjacent to an activating group) is 1. The van der Waals surface area contributed by atoms with Crippen LogP contribution < -0.4 is 5.73 Å². The molecule has 1 fully saturated rings. The second-order valence-corrected chi connectivity index (χ2v) is 4.21. The summed E-state index contributed by atoms with van der Waals surface area (Å²) in [6, 6.07) is 4.81. The molecular formula is C12H19N3O. The quantitative estimate of drug-likeness (QED) is 0.817. The molecule has 2 heterocycles. The number of aromatic nitrogens is 1.